The number of nitrogens with zero attached hydrogens (tertiary/aromatic N) is 2. The van der Waals surface area contributed by atoms with Crippen LogP contribution in [0.15, 0.2) is 88.6 Å². The van der Waals surface area contributed by atoms with E-state index in [-0.39, 0.29) is 11.2 Å². The van der Waals surface area contributed by atoms with Crippen molar-refractivity contribution in [1.29, 1.82) is 0 Å². The Morgan fingerprint density at radius 3 is 2.26 bits per heavy atom. The van der Waals surface area contributed by atoms with E-state index in [1.807, 2.05) is 30.3 Å². The minimum absolute atomic E-state index is 0.194. The maximum atomic E-state index is 13.2. The van der Waals surface area contributed by atoms with E-state index in [4.69, 9.17) is 0 Å². The molecule has 0 saturated carbocycles. The van der Waals surface area contributed by atoms with Gasteiger partial charge in [0.2, 0.25) is 0 Å². The number of hydrogen-bond acceptors (Lipinski definition) is 4. The molecule has 34 heavy (non-hydrogen) atoms. The zero-order valence-electron chi connectivity index (χ0n) is 18.5. The molecule has 6 nitrogen and oxygen atoms in total. The Balaban J connectivity index is 1.59. The van der Waals surface area contributed by atoms with Crippen molar-refractivity contribution in [2.75, 3.05) is 10.6 Å². The van der Waals surface area contributed by atoms with Crippen LogP contribution in [0.25, 0.3) is 5.69 Å². The van der Waals surface area contributed by atoms with E-state index in [1.54, 1.807) is 67.2 Å². The van der Waals surface area contributed by atoms with Crippen molar-refractivity contribution in [2.24, 2.45) is 7.05 Å². The van der Waals surface area contributed by atoms with Crippen molar-refractivity contribution in [3.8, 4) is 5.69 Å². The Morgan fingerprint density at radius 2 is 1.59 bits per heavy atom. The lowest BCUT2D eigenvalue weighted by molar-refractivity contribution is 0.102. The fourth-order valence-electron chi connectivity index (χ4n) is 3.56. The lowest BCUT2D eigenvalue weighted by Crippen LogP contribution is -2.23. The number of hydrogen-bond donors (Lipinski definition) is 2. The third kappa shape index (κ3) is 4.89. The molecule has 0 radical (unpaired) electrons. The van der Waals surface area contributed by atoms with Gasteiger partial charge in [0.1, 0.15) is 5.69 Å². The summed E-state index contributed by atoms with van der Waals surface area (Å²) in [5.74, 6) is -2.94. The maximum absolute atomic E-state index is 13.2. The van der Waals surface area contributed by atoms with E-state index in [9.17, 15) is 18.4 Å². The Labute approximate surface area is 199 Å². The highest BCUT2D eigenvalue weighted by atomic mass is 32.2. The first kappa shape index (κ1) is 23.3. The molecule has 0 aliphatic carbocycles. The number of nitrogens with one attached hydrogen (secondary N) is 2. The van der Waals surface area contributed by atoms with Gasteiger partial charge in [-0.25, -0.2) is 4.68 Å². The van der Waals surface area contributed by atoms with Crippen molar-refractivity contribution < 1.29 is 13.6 Å². The molecule has 0 atom stereocenters. The summed E-state index contributed by atoms with van der Waals surface area (Å²) in [5.41, 5.74) is 2.65. The molecule has 0 spiro atoms. The number of aromatic nitrogens is 2. The quantitative estimate of drug-likeness (QED) is 0.328. The fraction of sp³-hybridized carbons (Fsp3) is 0.120. The summed E-state index contributed by atoms with van der Waals surface area (Å²) < 4.78 is 28.3. The Kier molecular flexibility index (Phi) is 6.83. The largest absolute Gasteiger partial charge is 0.355 e. The van der Waals surface area contributed by atoms with Crippen LogP contribution in [0.5, 0.6) is 0 Å². The van der Waals surface area contributed by atoms with E-state index < -0.39 is 11.7 Å². The van der Waals surface area contributed by atoms with Gasteiger partial charge in [-0.1, -0.05) is 42.1 Å². The average Bonchev–Trinajstić information content (AvgIpc) is 3.04. The summed E-state index contributed by atoms with van der Waals surface area (Å²) >= 11 is 0.468. The molecule has 0 aliphatic heterocycles. The fourth-order valence-corrected chi connectivity index (χ4v) is 4.06. The van der Waals surface area contributed by atoms with Crippen LogP contribution in [-0.4, -0.2) is 21.0 Å². The molecule has 1 amide bonds. The topological polar surface area (TPSA) is 68.1 Å². The Morgan fingerprint density at radius 1 is 0.941 bits per heavy atom. The molecule has 1 aromatic heterocycles. The van der Waals surface area contributed by atoms with Crippen LogP contribution < -0.4 is 16.2 Å². The third-order valence-electron chi connectivity index (χ3n) is 5.32. The maximum Gasteiger partial charge on any atom is 0.295 e. The minimum atomic E-state index is -2.49. The van der Waals surface area contributed by atoms with Crippen LogP contribution in [0, 0.1) is 6.92 Å². The van der Waals surface area contributed by atoms with E-state index in [2.05, 4.69) is 10.6 Å². The zero-order chi connectivity index (χ0) is 24.2. The van der Waals surface area contributed by atoms with Gasteiger partial charge in [0.15, 0.2) is 0 Å². The second-order valence-electron chi connectivity index (χ2n) is 7.46. The number of carbonyl (C=O) groups is 1. The summed E-state index contributed by atoms with van der Waals surface area (Å²) in [6, 6.07) is 22.5. The van der Waals surface area contributed by atoms with Gasteiger partial charge in [0.25, 0.3) is 17.2 Å². The standard InChI is InChI=1S/C25H22F2N4O2S/c1-16-22(24(33)31(30(16)2)18-8-4-3-5-9-18)29-23(32)20-10-6-7-11-21(20)28-17-12-14-19(15-13-17)34-25(26)27/h3-15,25,28H,1-2H3,(H,29,32). The number of anilines is 3. The Hall–Kier alpha value is -3.85. The zero-order valence-corrected chi connectivity index (χ0v) is 19.3. The smallest absolute Gasteiger partial charge is 0.295 e. The molecule has 0 unspecified atom stereocenters. The molecule has 174 valence electrons. The van der Waals surface area contributed by atoms with Gasteiger partial charge in [0.05, 0.1) is 22.6 Å². The van der Waals surface area contributed by atoms with Crippen LogP contribution in [0.4, 0.5) is 25.8 Å². The number of carbonyl (C=O) groups excluding carboxylic acids is 1. The number of benzene rings is 3. The van der Waals surface area contributed by atoms with Gasteiger partial charge >= 0.3 is 0 Å². The van der Waals surface area contributed by atoms with Gasteiger partial charge in [-0.2, -0.15) is 8.78 Å². The van der Waals surface area contributed by atoms with Crippen molar-refractivity contribution in [2.45, 2.75) is 17.6 Å². The lowest BCUT2D eigenvalue weighted by atomic mass is 10.1. The minimum Gasteiger partial charge on any atom is -0.355 e. The molecule has 2 N–H and O–H groups in total. The van der Waals surface area contributed by atoms with Gasteiger partial charge in [-0.3, -0.25) is 14.3 Å². The molecule has 0 fully saturated rings. The number of rotatable bonds is 7. The van der Waals surface area contributed by atoms with Crippen LogP contribution >= 0.6 is 11.8 Å². The van der Waals surface area contributed by atoms with E-state index in [1.165, 1.54) is 4.68 Å². The van der Waals surface area contributed by atoms with Gasteiger partial charge < -0.3 is 10.6 Å². The predicted molar refractivity (Wildman–Crippen MR) is 132 cm³/mol. The molecule has 0 saturated heterocycles. The first-order valence-corrected chi connectivity index (χ1v) is 11.3. The van der Waals surface area contributed by atoms with Crippen molar-refractivity contribution >= 4 is 34.7 Å². The summed E-state index contributed by atoms with van der Waals surface area (Å²) in [4.78, 5) is 26.7. The number of alkyl halides is 2. The van der Waals surface area contributed by atoms with Crippen molar-refractivity contribution in [3.63, 3.8) is 0 Å². The molecule has 3 aromatic carbocycles. The molecule has 1 heterocycles. The Bertz CT molecular complexity index is 1370. The van der Waals surface area contributed by atoms with E-state index >= 15 is 0 Å². The summed E-state index contributed by atoms with van der Waals surface area (Å²) in [5, 5.41) is 5.91. The monoisotopic (exact) mass is 480 g/mol. The predicted octanol–water partition coefficient (Wildman–Crippen LogP) is 5.80. The average molecular weight is 481 g/mol. The molecular formula is C25H22F2N4O2S. The molecule has 4 rings (SSSR count). The van der Waals surface area contributed by atoms with Crippen LogP contribution in [0.3, 0.4) is 0 Å². The van der Waals surface area contributed by atoms with Crippen molar-refractivity contribution in [1.82, 2.24) is 9.36 Å². The van der Waals surface area contributed by atoms with Crippen molar-refractivity contribution in [3.05, 3.63) is 100 Å². The van der Waals surface area contributed by atoms with Crippen LogP contribution in [-0.2, 0) is 7.05 Å². The number of halogens is 2. The first-order valence-electron chi connectivity index (χ1n) is 10.4. The summed E-state index contributed by atoms with van der Waals surface area (Å²) in [7, 11) is 1.75. The first-order chi connectivity index (χ1) is 16.3. The van der Waals surface area contributed by atoms with Gasteiger partial charge in [-0.15, -0.1) is 0 Å². The van der Waals surface area contributed by atoms with Gasteiger partial charge in [0, 0.05) is 17.6 Å². The highest BCUT2D eigenvalue weighted by molar-refractivity contribution is 7.99. The van der Waals surface area contributed by atoms with Gasteiger partial charge in [-0.05, 0) is 55.5 Å². The number of amides is 1. The number of thioether (sulfide) groups is 1. The highest BCUT2D eigenvalue weighted by Crippen LogP contribution is 2.28. The number of para-hydroxylation sites is 2. The molecule has 4 aromatic rings. The second-order valence-corrected chi connectivity index (χ2v) is 8.53. The summed E-state index contributed by atoms with van der Waals surface area (Å²) in [6.07, 6.45) is 0. The highest BCUT2D eigenvalue weighted by Gasteiger charge is 2.20. The third-order valence-corrected chi connectivity index (χ3v) is 6.05. The van der Waals surface area contributed by atoms with Crippen LogP contribution in [0.1, 0.15) is 16.1 Å². The van der Waals surface area contributed by atoms with E-state index in [0.29, 0.717) is 45.0 Å². The van der Waals surface area contributed by atoms with E-state index in [0.717, 1.165) is 0 Å². The lowest BCUT2D eigenvalue weighted by Gasteiger charge is -2.12. The molecule has 9 heteroatoms. The second kappa shape index (κ2) is 9.96. The normalized spacial score (nSPS) is 11.0. The molecular weight excluding hydrogens is 458 g/mol. The molecule has 0 bridgehead atoms. The SMILES string of the molecule is Cc1c(NC(=O)c2ccccc2Nc2ccc(SC(F)F)cc2)c(=O)n(-c2ccccc2)n1C. The molecule has 0 aliphatic rings. The summed E-state index contributed by atoms with van der Waals surface area (Å²) in [6.45, 7) is 1.76. The van der Waals surface area contributed by atoms with Crippen LogP contribution in [0.2, 0.25) is 0 Å².